The van der Waals surface area contributed by atoms with Gasteiger partial charge in [-0.05, 0) is 79.8 Å². The van der Waals surface area contributed by atoms with E-state index in [9.17, 15) is 49.9 Å². The molecule has 0 spiro atoms. The summed E-state index contributed by atoms with van der Waals surface area (Å²) in [5.74, 6) is -6.66. The number of carbonyl (C=O) groups excluding carboxylic acids is 4. The van der Waals surface area contributed by atoms with Crippen LogP contribution in [0.3, 0.4) is 0 Å². The number of alkyl halides is 6. The molecule has 0 saturated carbocycles. The summed E-state index contributed by atoms with van der Waals surface area (Å²) >= 11 is 12.0. The predicted octanol–water partition coefficient (Wildman–Crippen LogP) is 9.42. The lowest BCUT2D eigenvalue weighted by Crippen LogP contribution is -2.52. The Morgan fingerprint density at radius 1 is 0.634 bits per heavy atom. The average molecular weight is 1040 g/mol. The molecule has 0 unspecified atom stereocenters. The lowest BCUT2D eigenvalue weighted by atomic mass is 10.1. The van der Waals surface area contributed by atoms with Crippen molar-refractivity contribution in [2.75, 3.05) is 81.8 Å². The Kier molecular flexibility index (Phi) is 18.0. The normalized spacial score (nSPS) is 14.6. The van der Waals surface area contributed by atoms with E-state index in [0.29, 0.717) is 60.7 Å². The van der Waals surface area contributed by atoms with Crippen LogP contribution in [0.25, 0.3) is 11.5 Å². The Morgan fingerprint density at radius 2 is 1.08 bits per heavy atom. The highest BCUT2D eigenvalue weighted by atomic mass is 35.5. The Labute approximate surface area is 412 Å². The van der Waals surface area contributed by atoms with Gasteiger partial charge in [0.2, 0.25) is 5.89 Å². The largest absolute Gasteiger partial charge is 0.471 e. The van der Waals surface area contributed by atoms with Crippen molar-refractivity contribution in [2.45, 2.75) is 39.3 Å². The third-order valence-electron chi connectivity index (χ3n) is 11.6. The Morgan fingerprint density at radius 3 is 1.48 bits per heavy atom. The number of halogens is 10. The molecule has 4 aromatic carbocycles. The van der Waals surface area contributed by atoms with E-state index in [4.69, 9.17) is 23.2 Å². The Bertz CT molecular complexity index is 2640. The summed E-state index contributed by atoms with van der Waals surface area (Å²) in [5, 5.41) is 8.73. The number of benzene rings is 4. The predicted molar refractivity (Wildman–Crippen MR) is 248 cm³/mol. The molecule has 7 rings (SSSR count). The van der Waals surface area contributed by atoms with Gasteiger partial charge in [-0.2, -0.15) is 26.3 Å². The maximum absolute atomic E-state index is 15.0. The molecule has 71 heavy (non-hydrogen) atoms. The zero-order valence-corrected chi connectivity index (χ0v) is 39.7. The van der Waals surface area contributed by atoms with Crippen molar-refractivity contribution in [3.63, 3.8) is 0 Å². The van der Waals surface area contributed by atoms with Crippen LogP contribution in [0.1, 0.15) is 41.2 Å². The zero-order chi connectivity index (χ0) is 51.6. The molecular formula is C47H47Cl2F8N9O5. The van der Waals surface area contributed by atoms with Crippen molar-refractivity contribution >= 4 is 58.3 Å². The van der Waals surface area contributed by atoms with Crippen LogP contribution in [0, 0.1) is 11.6 Å². The molecule has 0 bridgehead atoms. The van der Waals surface area contributed by atoms with Gasteiger partial charge in [0.1, 0.15) is 11.6 Å². The molecule has 14 nitrogen and oxygen atoms in total. The molecule has 1 N–H and O–H groups in total. The number of hydrogen-bond acceptors (Lipinski definition) is 9. The summed E-state index contributed by atoms with van der Waals surface area (Å²) < 4.78 is 110. The summed E-state index contributed by atoms with van der Waals surface area (Å²) in [5.41, 5.74) is 1.08. The number of nitrogens with zero attached hydrogens (tertiary/aromatic N) is 8. The molecule has 2 aliphatic rings. The van der Waals surface area contributed by atoms with Crippen LogP contribution in [0.2, 0.25) is 10.0 Å². The molecule has 1 aromatic heterocycles. The molecule has 0 radical (unpaired) electrons. The van der Waals surface area contributed by atoms with Gasteiger partial charge in [0.15, 0.2) is 5.78 Å². The summed E-state index contributed by atoms with van der Waals surface area (Å²) in [7, 11) is 0. The van der Waals surface area contributed by atoms with E-state index < -0.39 is 54.0 Å². The first kappa shape index (κ1) is 54.0. The first-order valence-electron chi connectivity index (χ1n) is 22.1. The maximum atomic E-state index is 15.0. The molecule has 0 atom stereocenters. The second-order valence-corrected chi connectivity index (χ2v) is 17.0. The number of amides is 5. The van der Waals surface area contributed by atoms with E-state index in [1.54, 1.807) is 58.3 Å². The molecule has 24 heteroatoms. The standard InChI is InChI=1S/C24H25ClF4N4O3.C23H22ClF4N5O2/c1-2-31-9-11-32(12-10-31)23(36)33(19-7-5-18(25)6-8-19)15-17-4-3-16(13-20(17)26)21(34)14-30-22(35)24(27,28)29;1-2-31-9-11-32(12-10-31)22(34)33(18-7-5-17(24)6-8-18)14-16-4-3-15(13-19(16)25)20-29-30-21(35-20)23(26,27)28/h3-8,13H,2,9-12,14-15H2,1H3,(H,30,35);3-8,13H,2,9-12,14H2,1H3. The topological polar surface area (TPSA) is 139 Å². The van der Waals surface area contributed by atoms with Gasteiger partial charge >= 0.3 is 36.2 Å². The van der Waals surface area contributed by atoms with Gasteiger partial charge in [0.05, 0.1) is 19.6 Å². The fraction of sp³-hybridized carbons (Fsp3) is 0.362. The highest BCUT2D eigenvalue weighted by molar-refractivity contribution is 6.31. The summed E-state index contributed by atoms with van der Waals surface area (Å²) in [6, 6.07) is 19.7. The van der Waals surface area contributed by atoms with E-state index in [-0.39, 0.29) is 47.4 Å². The molecule has 0 aliphatic carbocycles. The maximum Gasteiger partial charge on any atom is 0.471 e. The van der Waals surface area contributed by atoms with Gasteiger partial charge in [0, 0.05) is 96.0 Å². The van der Waals surface area contributed by atoms with Gasteiger partial charge in [-0.3, -0.25) is 19.4 Å². The number of hydrogen-bond donors (Lipinski definition) is 1. The van der Waals surface area contributed by atoms with Crippen molar-refractivity contribution in [1.82, 2.24) is 35.1 Å². The number of Topliss-reactive ketones (excluding diaryl/α,β-unsaturated/α-hetero) is 1. The number of aromatic nitrogens is 2. The van der Waals surface area contributed by atoms with Crippen LogP contribution in [-0.4, -0.2) is 132 Å². The summed E-state index contributed by atoms with van der Waals surface area (Å²) in [6.45, 7) is 9.69. The smallest absolute Gasteiger partial charge is 0.413 e. The lowest BCUT2D eigenvalue weighted by Gasteiger charge is -2.37. The second-order valence-electron chi connectivity index (χ2n) is 16.2. The van der Waals surface area contributed by atoms with Crippen LogP contribution >= 0.6 is 23.2 Å². The minimum Gasteiger partial charge on any atom is -0.413 e. The van der Waals surface area contributed by atoms with E-state index >= 15 is 4.39 Å². The SMILES string of the molecule is CCN1CCN(C(=O)N(Cc2ccc(-c3nnc(C(F)(F)F)o3)cc2F)c2ccc(Cl)cc2)CC1.CCN1CCN(C(=O)N(Cc2ccc(C(=O)CNC(=O)C(F)(F)F)cc2F)c2ccc(Cl)cc2)CC1. The van der Waals surface area contributed by atoms with Crippen LogP contribution in [0.5, 0.6) is 0 Å². The van der Waals surface area contributed by atoms with Crippen LogP contribution < -0.4 is 15.1 Å². The van der Waals surface area contributed by atoms with Gasteiger partial charge in [-0.25, -0.2) is 18.4 Å². The highest BCUT2D eigenvalue weighted by Gasteiger charge is 2.39. The minimum absolute atomic E-state index is 0.00527. The van der Waals surface area contributed by atoms with Crippen molar-refractivity contribution < 1.29 is 58.7 Å². The number of ketones is 1. The van der Waals surface area contributed by atoms with Crippen LogP contribution in [-0.2, 0) is 24.1 Å². The van der Waals surface area contributed by atoms with Gasteiger partial charge in [-0.1, -0.05) is 55.2 Å². The molecule has 5 aromatic rings. The second kappa shape index (κ2) is 23.7. The minimum atomic E-state index is -5.13. The van der Waals surface area contributed by atoms with Crippen LogP contribution in [0.4, 0.5) is 56.1 Å². The Hall–Kier alpha value is -6.36. The molecule has 2 saturated heterocycles. The molecular weight excluding hydrogens is 993 g/mol. The molecule has 2 fully saturated rings. The van der Waals surface area contributed by atoms with Crippen molar-refractivity contribution in [3.05, 3.63) is 129 Å². The van der Waals surface area contributed by atoms with Crippen molar-refractivity contribution in [3.8, 4) is 11.5 Å². The van der Waals surface area contributed by atoms with E-state index in [1.807, 2.05) is 6.92 Å². The number of piperazine rings is 2. The highest BCUT2D eigenvalue weighted by Crippen LogP contribution is 2.32. The number of carbonyl (C=O) groups is 4. The quantitative estimate of drug-likeness (QED) is 0.0957. The Balaban J connectivity index is 0.000000232. The number of anilines is 2. The third-order valence-corrected chi connectivity index (χ3v) is 12.1. The first-order valence-corrected chi connectivity index (χ1v) is 22.9. The third kappa shape index (κ3) is 14.4. The van der Waals surface area contributed by atoms with E-state index in [1.165, 1.54) is 39.4 Å². The van der Waals surface area contributed by atoms with Crippen molar-refractivity contribution in [1.29, 1.82) is 0 Å². The summed E-state index contributed by atoms with van der Waals surface area (Å²) in [4.78, 5) is 60.6. The average Bonchev–Trinajstić information content (AvgIpc) is 3.87. The van der Waals surface area contributed by atoms with Gasteiger partial charge < -0.3 is 29.3 Å². The first-order chi connectivity index (χ1) is 33.6. The summed E-state index contributed by atoms with van der Waals surface area (Å²) in [6.07, 6.45) is -9.93. The fourth-order valence-electron chi connectivity index (χ4n) is 7.45. The van der Waals surface area contributed by atoms with Crippen molar-refractivity contribution in [2.24, 2.45) is 0 Å². The van der Waals surface area contributed by atoms with Gasteiger partial charge in [-0.15, -0.1) is 10.2 Å². The van der Waals surface area contributed by atoms with Gasteiger partial charge in [0.25, 0.3) is 0 Å². The molecule has 3 heterocycles. The number of nitrogens with one attached hydrogen (secondary N) is 1. The number of rotatable bonds is 12. The molecule has 380 valence electrons. The monoisotopic (exact) mass is 1040 g/mol. The van der Waals surface area contributed by atoms with Crippen LogP contribution in [0.15, 0.2) is 89.3 Å². The number of likely N-dealkylation sites (N-methyl/N-ethyl adjacent to an activating group) is 2. The molecule has 2 aliphatic heterocycles. The fourth-order valence-corrected chi connectivity index (χ4v) is 7.70. The zero-order valence-electron chi connectivity index (χ0n) is 38.2. The molecule has 5 amide bonds. The number of urea groups is 2. The van der Waals surface area contributed by atoms with E-state index in [2.05, 4.69) is 31.3 Å². The lowest BCUT2D eigenvalue weighted by molar-refractivity contribution is -0.173. The van der Waals surface area contributed by atoms with E-state index in [0.717, 1.165) is 38.3 Å².